The van der Waals surface area contributed by atoms with Gasteiger partial charge in [-0.15, -0.1) is 0 Å². The van der Waals surface area contributed by atoms with E-state index in [1.54, 1.807) is 6.20 Å². The van der Waals surface area contributed by atoms with E-state index in [2.05, 4.69) is 11.1 Å². The summed E-state index contributed by atoms with van der Waals surface area (Å²) in [6.45, 7) is 3.98. The summed E-state index contributed by atoms with van der Waals surface area (Å²) in [5.74, 6) is 0. The highest BCUT2D eigenvalue weighted by molar-refractivity contribution is 6.29. The molecule has 0 fully saturated rings. The van der Waals surface area contributed by atoms with Crippen LogP contribution >= 0.6 is 11.6 Å². The van der Waals surface area contributed by atoms with Gasteiger partial charge in [-0.05, 0) is 37.1 Å². The van der Waals surface area contributed by atoms with Gasteiger partial charge < -0.3 is 0 Å². The van der Waals surface area contributed by atoms with Gasteiger partial charge >= 0.3 is 0 Å². The fourth-order valence-electron chi connectivity index (χ4n) is 1.68. The lowest BCUT2D eigenvalue weighted by Crippen LogP contribution is -2.19. The lowest BCUT2D eigenvalue weighted by atomic mass is 10.1. The number of benzene rings is 1. The molecule has 0 saturated carbocycles. The molecule has 0 atom stereocenters. The van der Waals surface area contributed by atoms with Crippen LogP contribution in [0, 0.1) is 13.8 Å². The lowest BCUT2D eigenvalue weighted by molar-refractivity contribution is 0.952. The summed E-state index contributed by atoms with van der Waals surface area (Å²) in [4.78, 5) is 15.5. The standard InChI is InChI=1S/C12H11ClN2O/c1-8-5-9(2)7-10(6-8)15-4-3-14-11(13)12(15)16/h3-7H,1-2H3. The van der Waals surface area contributed by atoms with Crippen molar-refractivity contribution in [1.82, 2.24) is 9.55 Å². The lowest BCUT2D eigenvalue weighted by Gasteiger charge is -2.07. The minimum atomic E-state index is -0.297. The molecule has 0 N–H and O–H groups in total. The zero-order valence-corrected chi connectivity index (χ0v) is 9.82. The second kappa shape index (κ2) is 4.10. The molecular formula is C12H11ClN2O. The SMILES string of the molecule is Cc1cc(C)cc(-n2ccnc(Cl)c2=O)c1. The van der Waals surface area contributed by atoms with Gasteiger partial charge in [0.05, 0.1) is 0 Å². The average Bonchev–Trinajstić information content (AvgIpc) is 2.20. The van der Waals surface area contributed by atoms with Crippen LogP contribution in [-0.2, 0) is 0 Å². The second-order valence-electron chi connectivity index (χ2n) is 3.74. The minimum Gasteiger partial charge on any atom is -0.280 e. The van der Waals surface area contributed by atoms with E-state index in [4.69, 9.17) is 11.6 Å². The molecule has 2 aromatic rings. The highest BCUT2D eigenvalue weighted by atomic mass is 35.5. The highest BCUT2D eigenvalue weighted by Crippen LogP contribution is 2.12. The van der Waals surface area contributed by atoms with Crippen LogP contribution in [0.4, 0.5) is 0 Å². The fraction of sp³-hybridized carbons (Fsp3) is 0.167. The zero-order chi connectivity index (χ0) is 11.7. The maximum absolute atomic E-state index is 11.8. The Labute approximate surface area is 98.3 Å². The predicted octanol–water partition coefficient (Wildman–Crippen LogP) is 2.50. The van der Waals surface area contributed by atoms with Gasteiger partial charge in [0.2, 0.25) is 0 Å². The van der Waals surface area contributed by atoms with Gasteiger partial charge in [0.25, 0.3) is 5.56 Å². The molecule has 0 unspecified atom stereocenters. The van der Waals surface area contributed by atoms with Gasteiger partial charge in [0.15, 0.2) is 5.15 Å². The van der Waals surface area contributed by atoms with Gasteiger partial charge in [-0.3, -0.25) is 9.36 Å². The number of nitrogens with zero attached hydrogens (tertiary/aromatic N) is 2. The van der Waals surface area contributed by atoms with E-state index in [9.17, 15) is 4.79 Å². The Kier molecular flexibility index (Phi) is 2.79. The number of rotatable bonds is 1. The summed E-state index contributed by atoms with van der Waals surface area (Å²) in [7, 11) is 0. The second-order valence-corrected chi connectivity index (χ2v) is 4.10. The van der Waals surface area contributed by atoms with Gasteiger partial charge in [-0.25, -0.2) is 4.98 Å². The highest BCUT2D eigenvalue weighted by Gasteiger charge is 2.04. The third kappa shape index (κ3) is 1.99. The third-order valence-electron chi connectivity index (χ3n) is 2.28. The molecule has 1 aromatic carbocycles. The largest absolute Gasteiger partial charge is 0.292 e. The van der Waals surface area contributed by atoms with Gasteiger partial charge in [0, 0.05) is 18.1 Å². The average molecular weight is 235 g/mol. The molecule has 0 saturated heterocycles. The topological polar surface area (TPSA) is 34.9 Å². The summed E-state index contributed by atoms with van der Waals surface area (Å²) in [5, 5.41) is -0.0124. The van der Waals surface area contributed by atoms with Crippen LogP contribution in [-0.4, -0.2) is 9.55 Å². The fourth-order valence-corrected chi connectivity index (χ4v) is 1.83. The van der Waals surface area contributed by atoms with E-state index in [1.165, 1.54) is 10.8 Å². The van der Waals surface area contributed by atoms with Crippen molar-refractivity contribution in [2.45, 2.75) is 13.8 Å². The van der Waals surface area contributed by atoms with Crippen molar-refractivity contribution in [2.75, 3.05) is 0 Å². The Balaban J connectivity index is 2.68. The van der Waals surface area contributed by atoms with Gasteiger partial charge in [-0.1, -0.05) is 17.7 Å². The maximum atomic E-state index is 11.8. The molecule has 16 heavy (non-hydrogen) atoms. The molecule has 3 nitrogen and oxygen atoms in total. The predicted molar refractivity (Wildman–Crippen MR) is 64.3 cm³/mol. The maximum Gasteiger partial charge on any atom is 0.292 e. The smallest absolute Gasteiger partial charge is 0.280 e. The van der Waals surface area contributed by atoms with Crippen LogP contribution in [0.1, 0.15) is 11.1 Å². The molecule has 82 valence electrons. The van der Waals surface area contributed by atoms with Crippen molar-refractivity contribution in [2.24, 2.45) is 0 Å². The van der Waals surface area contributed by atoms with Crippen LogP contribution in [0.25, 0.3) is 5.69 Å². The Bertz CT molecular complexity index is 570. The first-order valence-corrected chi connectivity index (χ1v) is 5.27. The number of aromatic nitrogens is 2. The first kappa shape index (κ1) is 10.9. The van der Waals surface area contributed by atoms with E-state index in [1.807, 2.05) is 26.0 Å². The third-order valence-corrected chi connectivity index (χ3v) is 2.54. The number of aryl methyl sites for hydroxylation is 2. The Morgan fingerprint density at radius 2 is 1.81 bits per heavy atom. The molecule has 0 radical (unpaired) electrons. The van der Waals surface area contributed by atoms with Crippen molar-refractivity contribution >= 4 is 11.6 Å². The minimum absolute atomic E-state index is 0.0124. The Hall–Kier alpha value is -1.61. The Morgan fingerprint density at radius 1 is 1.19 bits per heavy atom. The molecule has 0 bridgehead atoms. The molecule has 4 heteroatoms. The molecule has 2 rings (SSSR count). The molecule has 0 aliphatic carbocycles. The summed E-state index contributed by atoms with van der Waals surface area (Å²) in [6.07, 6.45) is 3.13. The first-order chi connectivity index (χ1) is 7.58. The van der Waals surface area contributed by atoms with E-state index in [-0.39, 0.29) is 10.7 Å². The molecule has 0 aliphatic rings. The van der Waals surface area contributed by atoms with E-state index in [0.717, 1.165) is 16.8 Å². The quantitative estimate of drug-likeness (QED) is 0.760. The summed E-state index contributed by atoms with van der Waals surface area (Å²) < 4.78 is 1.50. The van der Waals surface area contributed by atoms with E-state index >= 15 is 0 Å². The molecule has 0 amide bonds. The van der Waals surface area contributed by atoms with E-state index in [0.29, 0.717) is 0 Å². The summed E-state index contributed by atoms with van der Waals surface area (Å²) in [5.41, 5.74) is 2.73. The molecule has 1 aromatic heterocycles. The van der Waals surface area contributed by atoms with Crippen molar-refractivity contribution < 1.29 is 0 Å². The summed E-state index contributed by atoms with van der Waals surface area (Å²) in [6, 6.07) is 5.92. The van der Waals surface area contributed by atoms with Crippen molar-refractivity contribution in [3.63, 3.8) is 0 Å². The van der Waals surface area contributed by atoms with Gasteiger partial charge in [0.1, 0.15) is 0 Å². The number of hydrogen-bond acceptors (Lipinski definition) is 2. The van der Waals surface area contributed by atoms with Crippen LogP contribution in [0.5, 0.6) is 0 Å². The van der Waals surface area contributed by atoms with Crippen LogP contribution in [0.3, 0.4) is 0 Å². The zero-order valence-electron chi connectivity index (χ0n) is 9.07. The normalized spacial score (nSPS) is 10.4. The van der Waals surface area contributed by atoms with Crippen molar-refractivity contribution in [3.05, 3.63) is 57.2 Å². The molecular weight excluding hydrogens is 224 g/mol. The van der Waals surface area contributed by atoms with Crippen molar-refractivity contribution in [3.8, 4) is 5.69 Å². The molecule has 0 spiro atoms. The Morgan fingerprint density at radius 3 is 2.44 bits per heavy atom. The van der Waals surface area contributed by atoms with Crippen LogP contribution in [0.2, 0.25) is 5.15 Å². The van der Waals surface area contributed by atoms with Crippen molar-refractivity contribution in [1.29, 1.82) is 0 Å². The first-order valence-electron chi connectivity index (χ1n) is 4.90. The number of hydrogen-bond donors (Lipinski definition) is 0. The summed E-state index contributed by atoms with van der Waals surface area (Å²) >= 11 is 5.70. The van der Waals surface area contributed by atoms with E-state index < -0.39 is 0 Å². The molecule has 0 aliphatic heterocycles. The van der Waals surface area contributed by atoms with Crippen LogP contribution < -0.4 is 5.56 Å². The van der Waals surface area contributed by atoms with Gasteiger partial charge in [-0.2, -0.15) is 0 Å². The van der Waals surface area contributed by atoms with Crippen LogP contribution in [0.15, 0.2) is 35.4 Å². The number of halogens is 1. The molecule has 1 heterocycles. The monoisotopic (exact) mass is 234 g/mol.